The summed E-state index contributed by atoms with van der Waals surface area (Å²) in [6, 6.07) is 5.45. The molecular weight excluding hydrogens is 459 g/mol. The van der Waals surface area contributed by atoms with E-state index in [0.29, 0.717) is 53.0 Å². The van der Waals surface area contributed by atoms with E-state index in [1.807, 2.05) is 12.1 Å². The average molecular weight is 491 g/mol. The molecule has 4 rings (SSSR count). The third-order valence-electron chi connectivity index (χ3n) is 6.25. The quantitative estimate of drug-likeness (QED) is 0.488. The number of aliphatic imine (C=N–C) groups is 2. The van der Waals surface area contributed by atoms with Crippen molar-refractivity contribution in [2.45, 2.75) is 32.7 Å². The number of nitrogens with one attached hydrogen (secondary N) is 2. The van der Waals surface area contributed by atoms with Gasteiger partial charge in [0.2, 0.25) is 0 Å². The van der Waals surface area contributed by atoms with Crippen LogP contribution in [0.25, 0.3) is 0 Å². The minimum absolute atomic E-state index is 0.409. The third kappa shape index (κ3) is 5.75. The molecule has 0 unspecified atom stereocenters. The van der Waals surface area contributed by atoms with Gasteiger partial charge in [0.25, 0.3) is 0 Å². The number of amidine groups is 2. The van der Waals surface area contributed by atoms with Gasteiger partial charge in [0.15, 0.2) is 5.82 Å². The lowest BCUT2D eigenvalue weighted by Crippen LogP contribution is -2.41. The van der Waals surface area contributed by atoms with Gasteiger partial charge < -0.3 is 21.3 Å². The number of benzene rings is 1. The second-order valence-corrected chi connectivity index (χ2v) is 9.46. The van der Waals surface area contributed by atoms with Gasteiger partial charge in [0.1, 0.15) is 11.7 Å². The number of halogens is 2. The molecule has 3 heterocycles. The monoisotopic (exact) mass is 490 g/mol. The van der Waals surface area contributed by atoms with E-state index < -0.39 is 0 Å². The van der Waals surface area contributed by atoms with E-state index in [4.69, 9.17) is 39.7 Å². The first-order valence-corrected chi connectivity index (χ1v) is 12.2. The smallest absolute Gasteiger partial charge is 0.169 e. The number of nitrogens with zero attached hydrogens (tertiary/aromatic N) is 4. The minimum atomic E-state index is 0.409. The molecule has 33 heavy (non-hydrogen) atoms. The molecule has 0 radical (unpaired) electrons. The highest BCUT2D eigenvalue weighted by molar-refractivity contribution is 6.33. The van der Waals surface area contributed by atoms with Crippen molar-refractivity contribution in [2.75, 3.05) is 32.7 Å². The first kappa shape index (κ1) is 23.7. The van der Waals surface area contributed by atoms with Gasteiger partial charge >= 0.3 is 0 Å². The molecule has 0 bridgehead atoms. The highest BCUT2D eigenvalue weighted by atomic mass is 35.5. The lowest BCUT2D eigenvalue weighted by atomic mass is 9.95. The SMILES string of the molecule is CCCN1CCC(C2=NC(=C(N)C=C3C(N)=NCCN3Cc3cc(Cl)ccc3Cl)NN2)CC1. The summed E-state index contributed by atoms with van der Waals surface area (Å²) in [4.78, 5) is 13.8. The van der Waals surface area contributed by atoms with Gasteiger partial charge in [-0.2, -0.15) is 0 Å². The second kappa shape index (κ2) is 10.7. The Hall–Kier alpha value is -2.42. The van der Waals surface area contributed by atoms with Gasteiger partial charge in [0, 0.05) is 29.1 Å². The van der Waals surface area contributed by atoms with E-state index in [1.165, 1.54) is 6.42 Å². The Balaban J connectivity index is 1.51. The molecule has 0 aromatic heterocycles. The lowest BCUT2D eigenvalue weighted by molar-refractivity contribution is 0.208. The third-order valence-corrected chi connectivity index (χ3v) is 6.85. The molecule has 1 aromatic carbocycles. The van der Waals surface area contributed by atoms with Crippen LogP contribution in [0.1, 0.15) is 31.7 Å². The van der Waals surface area contributed by atoms with E-state index in [0.717, 1.165) is 49.6 Å². The second-order valence-electron chi connectivity index (χ2n) is 8.62. The fourth-order valence-corrected chi connectivity index (χ4v) is 4.82. The first-order chi connectivity index (χ1) is 15.9. The summed E-state index contributed by atoms with van der Waals surface area (Å²) in [5.41, 5.74) is 21.2. The molecule has 0 amide bonds. The van der Waals surface area contributed by atoms with E-state index in [2.05, 4.69) is 32.6 Å². The van der Waals surface area contributed by atoms with Gasteiger partial charge in [-0.05, 0) is 68.7 Å². The number of likely N-dealkylation sites (tertiary alicyclic amines) is 1. The van der Waals surface area contributed by atoms with E-state index >= 15 is 0 Å². The summed E-state index contributed by atoms with van der Waals surface area (Å²) >= 11 is 12.6. The molecular formula is C23H32Cl2N8. The average Bonchev–Trinajstić information content (AvgIpc) is 3.30. The fourth-order valence-electron chi connectivity index (χ4n) is 4.45. The highest BCUT2D eigenvalue weighted by Crippen LogP contribution is 2.25. The van der Waals surface area contributed by atoms with Gasteiger partial charge in [0.05, 0.1) is 17.9 Å². The van der Waals surface area contributed by atoms with Crippen LogP contribution in [0, 0.1) is 5.92 Å². The van der Waals surface area contributed by atoms with Crippen LogP contribution in [-0.4, -0.2) is 54.2 Å². The Kier molecular flexibility index (Phi) is 7.67. The molecule has 6 N–H and O–H groups in total. The van der Waals surface area contributed by atoms with Gasteiger partial charge in [-0.15, -0.1) is 0 Å². The summed E-state index contributed by atoms with van der Waals surface area (Å²) in [7, 11) is 0. The van der Waals surface area contributed by atoms with Crippen LogP contribution < -0.4 is 22.3 Å². The van der Waals surface area contributed by atoms with Crippen LogP contribution in [0.3, 0.4) is 0 Å². The Morgan fingerprint density at radius 2 is 2.00 bits per heavy atom. The number of hydrogen-bond acceptors (Lipinski definition) is 8. The zero-order valence-electron chi connectivity index (χ0n) is 19.0. The normalized spacial score (nSPS) is 22.6. The zero-order chi connectivity index (χ0) is 23.4. The Morgan fingerprint density at radius 3 is 2.76 bits per heavy atom. The molecule has 0 spiro atoms. The molecule has 3 aliphatic heterocycles. The summed E-state index contributed by atoms with van der Waals surface area (Å²) in [6.45, 7) is 7.46. The van der Waals surface area contributed by atoms with Crippen LogP contribution in [0.15, 0.2) is 51.5 Å². The zero-order valence-corrected chi connectivity index (χ0v) is 20.5. The molecule has 0 atom stereocenters. The summed E-state index contributed by atoms with van der Waals surface area (Å²) in [5.74, 6) is 2.41. The number of rotatable bonds is 6. The molecule has 1 aromatic rings. The molecule has 0 aliphatic carbocycles. The predicted molar refractivity (Wildman–Crippen MR) is 136 cm³/mol. The molecule has 0 saturated carbocycles. The van der Waals surface area contributed by atoms with Crippen molar-refractivity contribution in [2.24, 2.45) is 27.4 Å². The van der Waals surface area contributed by atoms with Crippen LogP contribution in [0.2, 0.25) is 10.0 Å². The maximum atomic E-state index is 6.44. The predicted octanol–water partition coefficient (Wildman–Crippen LogP) is 2.81. The highest BCUT2D eigenvalue weighted by Gasteiger charge is 2.27. The fraction of sp³-hybridized carbons (Fsp3) is 0.478. The summed E-state index contributed by atoms with van der Waals surface area (Å²) in [6.07, 6.45) is 5.21. The molecule has 1 fully saturated rings. The van der Waals surface area contributed by atoms with Crippen LogP contribution in [-0.2, 0) is 6.54 Å². The molecule has 178 valence electrons. The van der Waals surface area contributed by atoms with Crippen molar-refractivity contribution in [1.29, 1.82) is 0 Å². The van der Waals surface area contributed by atoms with Crippen molar-refractivity contribution >= 4 is 34.9 Å². The number of allylic oxidation sites excluding steroid dienone is 1. The van der Waals surface area contributed by atoms with Gasteiger partial charge in [-0.3, -0.25) is 15.8 Å². The topological polar surface area (TPSA) is 107 Å². The molecule has 3 aliphatic rings. The lowest BCUT2D eigenvalue weighted by Gasteiger charge is -2.31. The number of hydrazine groups is 1. The Bertz CT molecular complexity index is 992. The van der Waals surface area contributed by atoms with E-state index in [-0.39, 0.29) is 0 Å². The Labute approximate surface area is 205 Å². The van der Waals surface area contributed by atoms with Crippen molar-refractivity contribution < 1.29 is 0 Å². The standard InChI is InChI=1S/C23H32Cl2N8/c1-2-8-32-9-5-15(6-10-32)22-29-23(31-30-22)19(26)13-20-21(27)28-7-11-33(20)14-16-12-17(24)3-4-18(16)25/h3-4,12-13,15,31H,2,5-11,14,26H2,1H3,(H2,27,28)(H,29,30). The molecule has 1 saturated heterocycles. The minimum Gasteiger partial charge on any atom is -0.396 e. The van der Waals surface area contributed by atoms with Crippen LogP contribution in [0.5, 0.6) is 0 Å². The van der Waals surface area contributed by atoms with Crippen LogP contribution in [0.4, 0.5) is 0 Å². The summed E-state index contributed by atoms with van der Waals surface area (Å²) < 4.78 is 0. The summed E-state index contributed by atoms with van der Waals surface area (Å²) in [5, 5.41) is 1.30. The molecule has 10 heteroatoms. The Morgan fingerprint density at radius 1 is 1.21 bits per heavy atom. The maximum Gasteiger partial charge on any atom is 0.169 e. The van der Waals surface area contributed by atoms with E-state index in [1.54, 1.807) is 12.1 Å². The first-order valence-electron chi connectivity index (χ1n) is 11.5. The van der Waals surface area contributed by atoms with Crippen LogP contribution >= 0.6 is 23.2 Å². The van der Waals surface area contributed by atoms with Crippen molar-refractivity contribution in [3.8, 4) is 0 Å². The van der Waals surface area contributed by atoms with Gasteiger partial charge in [-0.1, -0.05) is 30.1 Å². The number of piperidine rings is 1. The number of hydrogen-bond donors (Lipinski definition) is 4. The van der Waals surface area contributed by atoms with Crippen molar-refractivity contribution in [1.82, 2.24) is 20.7 Å². The maximum absolute atomic E-state index is 6.44. The van der Waals surface area contributed by atoms with E-state index in [9.17, 15) is 0 Å². The van der Waals surface area contributed by atoms with Crippen molar-refractivity contribution in [3.05, 3.63) is 57.1 Å². The largest absolute Gasteiger partial charge is 0.396 e. The molecule has 8 nitrogen and oxygen atoms in total. The number of nitrogens with two attached hydrogens (primary N) is 2. The van der Waals surface area contributed by atoms with Crippen molar-refractivity contribution in [3.63, 3.8) is 0 Å². The van der Waals surface area contributed by atoms with Gasteiger partial charge in [-0.25, -0.2) is 4.99 Å².